The second-order valence-electron chi connectivity index (χ2n) is 12.3. The molecule has 250 valence electrons. The van der Waals surface area contributed by atoms with E-state index in [4.69, 9.17) is 0 Å². The van der Waals surface area contributed by atoms with Crippen LogP contribution in [0.3, 0.4) is 0 Å². The van der Waals surface area contributed by atoms with Crippen LogP contribution in [0.1, 0.15) is 66.8 Å². The number of halogens is 8. The first kappa shape index (κ1) is 36.6. The molecule has 2 fully saturated rings. The van der Waals surface area contributed by atoms with Gasteiger partial charge in [0, 0.05) is 50.5 Å². The van der Waals surface area contributed by atoms with Gasteiger partial charge in [0.25, 0.3) is 0 Å². The van der Waals surface area contributed by atoms with Gasteiger partial charge in [0.1, 0.15) is 5.82 Å². The topological polar surface area (TPSA) is 43.9 Å². The lowest BCUT2D eigenvalue weighted by molar-refractivity contribution is -0.144. The molecular weight excluding hydrogens is 627 g/mol. The molecule has 2 aromatic rings. The molecule has 2 heterocycles. The lowest BCUT2D eigenvalue weighted by Crippen LogP contribution is -2.50. The molecule has 45 heavy (non-hydrogen) atoms. The predicted octanol–water partition coefficient (Wildman–Crippen LogP) is 7.30. The van der Waals surface area contributed by atoms with E-state index < -0.39 is 53.6 Å². The van der Waals surface area contributed by atoms with Gasteiger partial charge in [0.2, 0.25) is 11.8 Å². The Kier molecular flexibility index (Phi) is 11.6. The number of carbonyl (C=O) groups is 2. The first-order valence-corrected chi connectivity index (χ1v) is 14.8. The van der Waals surface area contributed by atoms with Gasteiger partial charge in [-0.2, -0.15) is 26.3 Å². The smallest absolute Gasteiger partial charge is 0.342 e. The van der Waals surface area contributed by atoms with E-state index in [0.717, 1.165) is 30.8 Å². The molecule has 0 bridgehead atoms. The Morgan fingerprint density at radius 2 is 1.49 bits per heavy atom. The molecule has 0 N–H and O–H groups in total. The van der Waals surface area contributed by atoms with E-state index >= 15 is 0 Å². The van der Waals surface area contributed by atoms with E-state index in [9.17, 15) is 40.3 Å². The van der Waals surface area contributed by atoms with Gasteiger partial charge in [-0.15, -0.1) is 12.4 Å². The van der Waals surface area contributed by atoms with Crippen LogP contribution in [-0.2, 0) is 28.5 Å². The zero-order chi connectivity index (χ0) is 32.6. The van der Waals surface area contributed by atoms with Crippen molar-refractivity contribution in [2.45, 2.75) is 70.9 Å². The van der Waals surface area contributed by atoms with Crippen LogP contribution in [-0.4, -0.2) is 65.8 Å². The fraction of sp³-hybridized carbons (Fsp3) is 0.562. The second-order valence-corrected chi connectivity index (χ2v) is 12.3. The summed E-state index contributed by atoms with van der Waals surface area (Å²) in [6, 6.07) is 5.86. The molecular formula is C32H39ClF7N3O2. The highest BCUT2D eigenvalue weighted by Crippen LogP contribution is 2.39. The van der Waals surface area contributed by atoms with E-state index in [1.54, 1.807) is 17.9 Å². The number of hydrogen-bond donors (Lipinski definition) is 0. The van der Waals surface area contributed by atoms with Crippen molar-refractivity contribution in [3.05, 3.63) is 70.0 Å². The molecule has 0 unspecified atom stereocenters. The third-order valence-corrected chi connectivity index (χ3v) is 8.93. The Morgan fingerprint density at radius 1 is 0.911 bits per heavy atom. The van der Waals surface area contributed by atoms with Crippen LogP contribution in [0.15, 0.2) is 36.4 Å². The van der Waals surface area contributed by atoms with Gasteiger partial charge in [0.15, 0.2) is 0 Å². The van der Waals surface area contributed by atoms with E-state index in [1.807, 2.05) is 0 Å². The third kappa shape index (κ3) is 8.69. The van der Waals surface area contributed by atoms with Crippen LogP contribution in [0.5, 0.6) is 0 Å². The molecule has 2 amide bonds. The van der Waals surface area contributed by atoms with Crippen LogP contribution in [0, 0.1) is 24.6 Å². The summed E-state index contributed by atoms with van der Waals surface area (Å²) >= 11 is 0. The molecule has 0 aliphatic carbocycles. The highest BCUT2D eigenvalue weighted by atomic mass is 35.5. The maximum Gasteiger partial charge on any atom is 0.416 e. The average Bonchev–Trinajstić information content (AvgIpc) is 2.95. The first-order valence-electron chi connectivity index (χ1n) is 14.8. The molecule has 2 aromatic carbocycles. The summed E-state index contributed by atoms with van der Waals surface area (Å²) in [4.78, 5) is 32.6. The molecule has 5 nitrogen and oxygen atoms in total. The lowest BCUT2D eigenvalue weighted by Gasteiger charge is -2.42. The summed E-state index contributed by atoms with van der Waals surface area (Å²) in [7, 11) is 1.34. The molecule has 0 spiro atoms. The van der Waals surface area contributed by atoms with E-state index in [0.29, 0.717) is 29.3 Å². The van der Waals surface area contributed by atoms with Gasteiger partial charge < -0.3 is 14.7 Å². The van der Waals surface area contributed by atoms with Crippen molar-refractivity contribution in [1.29, 1.82) is 0 Å². The van der Waals surface area contributed by atoms with Crippen molar-refractivity contribution in [3.63, 3.8) is 0 Å². The van der Waals surface area contributed by atoms with Crippen molar-refractivity contribution in [3.8, 4) is 0 Å². The molecule has 4 rings (SSSR count). The minimum absolute atomic E-state index is 0. The van der Waals surface area contributed by atoms with Crippen LogP contribution in [0.4, 0.5) is 30.7 Å². The van der Waals surface area contributed by atoms with Gasteiger partial charge in [-0.3, -0.25) is 9.59 Å². The van der Waals surface area contributed by atoms with Gasteiger partial charge in [0.05, 0.1) is 11.1 Å². The number of alkyl halides is 6. The molecule has 0 saturated carbocycles. The summed E-state index contributed by atoms with van der Waals surface area (Å²) in [6.45, 7) is 7.53. The van der Waals surface area contributed by atoms with Crippen LogP contribution in [0.25, 0.3) is 0 Å². The lowest BCUT2D eigenvalue weighted by atomic mass is 9.77. The Bertz CT molecular complexity index is 1330. The average molecular weight is 666 g/mol. The molecule has 2 saturated heterocycles. The number of carbonyl (C=O) groups excluding carboxylic acids is 2. The van der Waals surface area contributed by atoms with Crippen molar-refractivity contribution in [1.82, 2.24) is 14.7 Å². The zero-order valence-corrected chi connectivity index (χ0v) is 26.5. The fourth-order valence-corrected chi connectivity index (χ4v) is 6.48. The maximum atomic E-state index is 14.0. The van der Waals surface area contributed by atoms with Gasteiger partial charge >= 0.3 is 12.4 Å². The van der Waals surface area contributed by atoms with E-state index in [-0.39, 0.29) is 55.4 Å². The summed E-state index contributed by atoms with van der Waals surface area (Å²) in [5.74, 6) is -2.34. The Balaban J connectivity index is 0.00000552. The summed E-state index contributed by atoms with van der Waals surface area (Å²) in [5.41, 5.74) is -1.95. The summed E-state index contributed by atoms with van der Waals surface area (Å²) in [5, 5.41) is 0. The van der Waals surface area contributed by atoms with Crippen molar-refractivity contribution in [2.75, 3.05) is 33.2 Å². The quantitative estimate of drug-likeness (QED) is 0.304. The van der Waals surface area contributed by atoms with E-state index in [2.05, 4.69) is 18.7 Å². The third-order valence-electron chi connectivity index (χ3n) is 8.93. The van der Waals surface area contributed by atoms with Crippen molar-refractivity contribution in [2.24, 2.45) is 11.8 Å². The highest BCUT2D eigenvalue weighted by Gasteiger charge is 2.41. The van der Waals surface area contributed by atoms with E-state index in [1.165, 1.54) is 19.2 Å². The monoisotopic (exact) mass is 665 g/mol. The number of likely N-dealkylation sites (tertiary alicyclic amines) is 2. The van der Waals surface area contributed by atoms with Gasteiger partial charge in [-0.1, -0.05) is 6.07 Å². The Hall–Kier alpha value is -2.86. The molecule has 2 aliphatic rings. The number of aryl methyl sites for hydroxylation is 1. The summed E-state index contributed by atoms with van der Waals surface area (Å²) in [6.07, 6.45) is -8.33. The molecule has 0 radical (unpaired) electrons. The normalized spacial score (nSPS) is 20.2. The molecule has 2 atom stereocenters. The number of piperidine rings is 2. The molecule has 2 aliphatic heterocycles. The van der Waals surface area contributed by atoms with Crippen LogP contribution in [0.2, 0.25) is 0 Å². The predicted molar refractivity (Wildman–Crippen MR) is 158 cm³/mol. The maximum absolute atomic E-state index is 14.0. The zero-order valence-electron chi connectivity index (χ0n) is 25.6. The van der Waals surface area contributed by atoms with Gasteiger partial charge in [-0.25, -0.2) is 4.39 Å². The first-order chi connectivity index (χ1) is 20.5. The second kappa shape index (κ2) is 14.3. The molecule has 0 aromatic heterocycles. The highest BCUT2D eigenvalue weighted by molar-refractivity contribution is 5.85. The minimum atomic E-state index is -5.01. The minimum Gasteiger partial charge on any atom is -0.342 e. The standard InChI is InChI=1S/C32H38F7N3O2.ClH/c1-19(2)41-10-7-22(8-11-41)29(43)42-12-9-27(28(18-42)26-6-5-25(33)13-20(26)3)30(44)40(4)17-21-14-23(31(34,35)36)16-24(15-21)32(37,38)39;/h5-6,13-16,19,22,27-28H,7-12,17-18H2,1-4H3;1H/t27-,28+;/m1./s1. The molecule has 13 heteroatoms. The number of benzene rings is 2. The fourth-order valence-electron chi connectivity index (χ4n) is 6.48. The largest absolute Gasteiger partial charge is 0.416 e. The van der Waals surface area contributed by atoms with Crippen molar-refractivity contribution >= 4 is 24.2 Å². The number of hydrogen-bond acceptors (Lipinski definition) is 3. The summed E-state index contributed by atoms with van der Waals surface area (Å²) < 4.78 is 94.5. The number of rotatable bonds is 6. The Morgan fingerprint density at radius 3 is 2.00 bits per heavy atom. The van der Waals surface area contributed by atoms with Crippen LogP contribution < -0.4 is 0 Å². The SMILES string of the molecule is Cc1cc(F)ccc1[C@@H]1CN(C(=O)C2CCN(C(C)C)CC2)CC[C@H]1C(=O)N(C)Cc1cc(C(F)(F)F)cc(C(F)(F)F)c1.Cl. The number of nitrogens with zero attached hydrogens (tertiary/aromatic N) is 3. The number of amides is 2. The van der Waals surface area contributed by atoms with Gasteiger partial charge in [-0.05, 0) is 100 Å². The van der Waals surface area contributed by atoms with Crippen molar-refractivity contribution < 1.29 is 40.3 Å². The van der Waals surface area contributed by atoms with Crippen LogP contribution >= 0.6 is 12.4 Å². The Labute approximate surface area is 265 Å².